The van der Waals surface area contributed by atoms with Crippen molar-refractivity contribution >= 4 is 5.91 Å². The number of hydrogen-bond donors (Lipinski definition) is 1. The molecule has 1 saturated heterocycles. The Morgan fingerprint density at radius 3 is 2.61 bits per heavy atom. The average molecular weight is 318 g/mol. The van der Waals surface area contributed by atoms with Crippen LogP contribution in [0.4, 0.5) is 0 Å². The van der Waals surface area contributed by atoms with Crippen LogP contribution in [0.5, 0.6) is 5.75 Å². The molecule has 1 amide bonds. The molecule has 1 fully saturated rings. The van der Waals surface area contributed by atoms with Crippen molar-refractivity contribution in [2.24, 2.45) is 5.73 Å². The highest BCUT2D eigenvalue weighted by atomic mass is 16.5. The molecule has 0 aromatic heterocycles. The van der Waals surface area contributed by atoms with Gasteiger partial charge in [0.1, 0.15) is 12.4 Å². The van der Waals surface area contributed by atoms with Crippen molar-refractivity contribution in [1.29, 1.82) is 0 Å². The summed E-state index contributed by atoms with van der Waals surface area (Å²) in [7, 11) is 0. The first kappa shape index (κ1) is 17.5. The van der Waals surface area contributed by atoms with E-state index in [4.69, 9.17) is 15.2 Å². The van der Waals surface area contributed by atoms with E-state index < -0.39 is 0 Å². The van der Waals surface area contributed by atoms with Gasteiger partial charge in [0.15, 0.2) is 0 Å². The van der Waals surface area contributed by atoms with Crippen LogP contribution >= 0.6 is 0 Å². The monoisotopic (exact) mass is 318 g/mol. The highest BCUT2D eigenvalue weighted by molar-refractivity contribution is 5.94. The molecule has 5 nitrogen and oxygen atoms in total. The quantitative estimate of drug-likeness (QED) is 0.589. The molecule has 5 heteroatoms. The zero-order chi connectivity index (χ0) is 16.5. The van der Waals surface area contributed by atoms with Crippen LogP contribution in [0.15, 0.2) is 36.9 Å². The molecule has 2 rings (SSSR count). The van der Waals surface area contributed by atoms with Gasteiger partial charge < -0.3 is 20.1 Å². The number of nitrogens with two attached hydrogens (primary N) is 1. The van der Waals surface area contributed by atoms with E-state index >= 15 is 0 Å². The summed E-state index contributed by atoms with van der Waals surface area (Å²) >= 11 is 0. The average Bonchev–Trinajstić information content (AvgIpc) is 2.61. The van der Waals surface area contributed by atoms with E-state index in [1.54, 1.807) is 6.08 Å². The van der Waals surface area contributed by atoms with Crippen molar-refractivity contribution in [3.63, 3.8) is 0 Å². The molecular weight excluding hydrogens is 292 g/mol. The number of carbonyl (C=O) groups excluding carboxylic acids is 1. The van der Waals surface area contributed by atoms with Gasteiger partial charge in [0.2, 0.25) is 0 Å². The topological polar surface area (TPSA) is 64.8 Å². The van der Waals surface area contributed by atoms with Crippen molar-refractivity contribution in [1.82, 2.24) is 4.90 Å². The Bertz CT molecular complexity index is 493. The number of ether oxygens (including phenoxy) is 2. The Labute approximate surface area is 138 Å². The molecule has 0 bridgehead atoms. The Kier molecular flexibility index (Phi) is 7.10. The molecule has 1 aliphatic heterocycles. The number of carbonyl (C=O) groups is 1. The maximum Gasteiger partial charge on any atom is 0.253 e. The van der Waals surface area contributed by atoms with E-state index in [1.807, 2.05) is 29.2 Å². The van der Waals surface area contributed by atoms with Crippen LogP contribution < -0.4 is 10.5 Å². The SMILES string of the molecule is C=CCOc1ccc(C(=O)N2CCC(OCCCN)CC2)cc1. The third-order valence-electron chi connectivity index (χ3n) is 3.90. The molecule has 0 radical (unpaired) electrons. The Balaban J connectivity index is 1.81. The fraction of sp³-hybridized carbons (Fsp3) is 0.500. The summed E-state index contributed by atoms with van der Waals surface area (Å²) in [5, 5.41) is 0. The molecule has 1 aromatic carbocycles. The maximum atomic E-state index is 12.5. The number of benzene rings is 1. The minimum absolute atomic E-state index is 0.0701. The van der Waals surface area contributed by atoms with Crippen molar-refractivity contribution in [2.75, 3.05) is 32.8 Å². The van der Waals surface area contributed by atoms with Gasteiger partial charge >= 0.3 is 0 Å². The minimum atomic E-state index is 0.0701. The lowest BCUT2D eigenvalue weighted by molar-refractivity contribution is 0.00845. The molecule has 0 aliphatic carbocycles. The van der Waals surface area contributed by atoms with Crippen LogP contribution in [0.3, 0.4) is 0 Å². The maximum absolute atomic E-state index is 12.5. The van der Waals surface area contributed by atoms with Crippen LogP contribution in [0.25, 0.3) is 0 Å². The molecule has 1 aliphatic rings. The second kappa shape index (κ2) is 9.33. The largest absolute Gasteiger partial charge is 0.490 e. The van der Waals surface area contributed by atoms with Gasteiger partial charge in [-0.1, -0.05) is 12.7 Å². The lowest BCUT2D eigenvalue weighted by Gasteiger charge is -2.32. The highest BCUT2D eigenvalue weighted by Gasteiger charge is 2.23. The van der Waals surface area contributed by atoms with E-state index in [0.717, 1.165) is 38.1 Å². The standard InChI is InChI=1S/C18H26N2O3/c1-2-13-22-16-6-4-15(5-7-16)18(21)20-11-8-17(9-12-20)23-14-3-10-19/h2,4-7,17H,1,3,8-14,19H2. The van der Waals surface area contributed by atoms with E-state index in [1.165, 1.54) is 0 Å². The molecule has 0 saturated carbocycles. The number of likely N-dealkylation sites (tertiary alicyclic amines) is 1. The zero-order valence-corrected chi connectivity index (χ0v) is 13.6. The van der Waals surface area contributed by atoms with Gasteiger partial charge in [-0.15, -0.1) is 0 Å². The smallest absolute Gasteiger partial charge is 0.253 e. The van der Waals surface area contributed by atoms with Crippen molar-refractivity contribution in [3.05, 3.63) is 42.5 Å². The highest BCUT2D eigenvalue weighted by Crippen LogP contribution is 2.18. The first-order chi connectivity index (χ1) is 11.2. The Morgan fingerprint density at radius 2 is 2.00 bits per heavy atom. The fourth-order valence-electron chi connectivity index (χ4n) is 2.59. The summed E-state index contributed by atoms with van der Waals surface area (Å²) in [5.74, 6) is 0.814. The van der Waals surface area contributed by atoms with Gasteiger partial charge in [-0.05, 0) is 50.1 Å². The molecule has 1 heterocycles. The van der Waals surface area contributed by atoms with E-state index in [0.29, 0.717) is 25.3 Å². The molecule has 0 spiro atoms. The van der Waals surface area contributed by atoms with Gasteiger partial charge in [0.05, 0.1) is 6.10 Å². The summed E-state index contributed by atoms with van der Waals surface area (Å²) in [6, 6.07) is 7.26. The van der Waals surface area contributed by atoms with E-state index in [9.17, 15) is 4.79 Å². The first-order valence-corrected chi connectivity index (χ1v) is 8.19. The number of piperidine rings is 1. The van der Waals surface area contributed by atoms with Gasteiger partial charge in [-0.25, -0.2) is 0 Å². The van der Waals surface area contributed by atoms with Gasteiger partial charge in [0.25, 0.3) is 5.91 Å². The lowest BCUT2D eigenvalue weighted by Crippen LogP contribution is -2.41. The summed E-state index contributed by atoms with van der Waals surface area (Å²) in [4.78, 5) is 14.4. The first-order valence-electron chi connectivity index (χ1n) is 8.19. The molecule has 0 unspecified atom stereocenters. The van der Waals surface area contributed by atoms with Crippen LogP contribution in [-0.4, -0.2) is 49.8 Å². The van der Waals surface area contributed by atoms with Gasteiger partial charge in [-0.2, -0.15) is 0 Å². The number of nitrogens with zero attached hydrogens (tertiary/aromatic N) is 1. The minimum Gasteiger partial charge on any atom is -0.490 e. The summed E-state index contributed by atoms with van der Waals surface area (Å²) in [6.07, 6.45) is 4.60. The Hall–Kier alpha value is -1.85. The normalized spacial score (nSPS) is 15.4. The van der Waals surface area contributed by atoms with Crippen molar-refractivity contribution < 1.29 is 14.3 Å². The molecule has 0 atom stereocenters. The predicted octanol–water partition coefficient (Wildman–Crippen LogP) is 2.22. The van der Waals surface area contributed by atoms with E-state index in [-0.39, 0.29) is 12.0 Å². The third kappa shape index (κ3) is 5.37. The van der Waals surface area contributed by atoms with Crippen LogP contribution in [-0.2, 0) is 4.74 Å². The predicted molar refractivity (Wildman–Crippen MR) is 90.7 cm³/mol. The van der Waals surface area contributed by atoms with Gasteiger partial charge in [0, 0.05) is 25.3 Å². The molecule has 126 valence electrons. The zero-order valence-electron chi connectivity index (χ0n) is 13.6. The van der Waals surface area contributed by atoms with E-state index in [2.05, 4.69) is 6.58 Å². The Morgan fingerprint density at radius 1 is 1.30 bits per heavy atom. The third-order valence-corrected chi connectivity index (χ3v) is 3.90. The summed E-state index contributed by atoms with van der Waals surface area (Å²) in [5.41, 5.74) is 6.15. The number of hydrogen-bond acceptors (Lipinski definition) is 4. The fourth-order valence-corrected chi connectivity index (χ4v) is 2.59. The second-order valence-corrected chi connectivity index (χ2v) is 5.63. The lowest BCUT2D eigenvalue weighted by atomic mass is 10.1. The van der Waals surface area contributed by atoms with Crippen molar-refractivity contribution in [2.45, 2.75) is 25.4 Å². The van der Waals surface area contributed by atoms with Gasteiger partial charge in [-0.3, -0.25) is 4.79 Å². The molecular formula is C18H26N2O3. The van der Waals surface area contributed by atoms with Crippen LogP contribution in [0, 0.1) is 0 Å². The number of rotatable bonds is 8. The number of amides is 1. The molecule has 1 aromatic rings. The van der Waals surface area contributed by atoms with Crippen LogP contribution in [0.1, 0.15) is 29.6 Å². The summed E-state index contributed by atoms with van der Waals surface area (Å²) < 4.78 is 11.2. The second-order valence-electron chi connectivity index (χ2n) is 5.63. The van der Waals surface area contributed by atoms with Crippen LogP contribution in [0.2, 0.25) is 0 Å². The summed E-state index contributed by atoms with van der Waals surface area (Å²) in [6.45, 7) is 6.91. The molecule has 2 N–H and O–H groups in total. The van der Waals surface area contributed by atoms with Crippen molar-refractivity contribution in [3.8, 4) is 5.75 Å². The molecule has 23 heavy (non-hydrogen) atoms.